The zero-order chi connectivity index (χ0) is 15.8. The van der Waals surface area contributed by atoms with Gasteiger partial charge in [-0.1, -0.05) is 29.8 Å². The molecule has 0 spiro atoms. The Balaban J connectivity index is 2.50. The number of amides is 2. The number of primary amides is 1. The predicted octanol–water partition coefficient (Wildman–Crippen LogP) is 2.15. The van der Waals surface area contributed by atoms with Gasteiger partial charge in [0.25, 0.3) is 5.91 Å². The van der Waals surface area contributed by atoms with Crippen molar-refractivity contribution >= 4 is 29.0 Å². The molecule has 1 aliphatic heterocycles. The molecule has 0 unspecified atom stereocenters. The Morgan fingerprint density at radius 1 is 1.38 bits per heavy atom. The lowest BCUT2D eigenvalue weighted by atomic mass is 9.97. The Hall–Kier alpha value is -2.01. The van der Waals surface area contributed by atoms with Gasteiger partial charge in [-0.25, -0.2) is 0 Å². The number of nitrogens with two attached hydrogens (primary N) is 1. The predicted molar refractivity (Wildman–Crippen MR) is 80.1 cm³/mol. The molecule has 2 amide bonds. The number of halogens is 1. The van der Waals surface area contributed by atoms with Gasteiger partial charge < -0.3 is 10.5 Å². The number of carbonyl (C=O) groups is 2. The van der Waals surface area contributed by atoms with Gasteiger partial charge in [0, 0.05) is 10.6 Å². The van der Waals surface area contributed by atoms with Crippen molar-refractivity contribution in [2.75, 3.05) is 6.73 Å². The standard InChI is InChI=1S/C15H17ClN2O3/c1-9-12(10-6-4-5-7-11(10)16)13(19)18(8-21-9)15(2,3)14(17)20/h4-7H,8H2,1-3H3,(H2,17,20). The van der Waals surface area contributed by atoms with Crippen LogP contribution in [0.25, 0.3) is 5.57 Å². The van der Waals surface area contributed by atoms with Crippen molar-refractivity contribution in [2.45, 2.75) is 26.3 Å². The highest BCUT2D eigenvalue weighted by molar-refractivity contribution is 6.35. The number of benzene rings is 1. The molecule has 1 aliphatic rings. The highest BCUT2D eigenvalue weighted by Crippen LogP contribution is 2.33. The van der Waals surface area contributed by atoms with Gasteiger partial charge in [-0.2, -0.15) is 0 Å². The fourth-order valence-corrected chi connectivity index (χ4v) is 2.32. The molecule has 0 saturated carbocycles. The van der Waals surface area contributed by atoms with Gasteiger partial charge in [0.05, 0.1) is 5.57 Å². The van der Waals surface area contributed by atoms with Gasteiger partial charge in [-0.05, 0) is 26.8 Å². The van der Waals surface area contributed by atoms with Crippen LogP contribution in [-0.4, -0.2) is 29.0 Å². The van der Waals surface area contributed by atoms with E-state index >= 15 is 0 Å². The van der Waals surface area contributed by atoms with Crippen molar-refractivity contribution in [3.8, 4) is 0 Å². The Bertz CT molecular complexity index is 638. The number of carbonyl (C=O) groups excluding carboxylic acids is 2. The van der Waals surface area contributed by atoms with Gasteiger partial charge >= 0.3 is 0 Å². The topological polar surface area (TPSA) is 72.6 Å². The molecule has 21 heavy (non-hydrogen) atoms. The van der Waals surface area contributed by atoms with E-state index in [1.807, 2.05) is 0 Å². The van der Waals surface area contributed by atoms with Crippen molar-refractivity contribution in [3.63, 3.8) is 0 Å². The molecule has 0 radical (unpaired) electrons. The van der Waals surface area contributed by atoms with Crippen LogP contribution in [0.4, 0.5) is 0 Å². The van der Waals surface area contributed by atoms with Crippen molar-refractivity contribution < 1.29 is 14.3 Å². The maximum atomic E-state index is 12.8. The summed E-state index contributed by atoms with van der Waals surface area (Å²) in [5.41, 5.74) is 5.16. The summed E-state index contributed by atoms with van der Waals surface area (Å²) in [6, 6.07) is 7.00. The molecular weight excluding hydrogens is 292 g/mol. The molecule has 0 saturated heterocycles. The van der Waals surface area contributed by atoms with Gasteiger partial charge in [0.2, 0.25) is 5.91 Å². The molecule has 0 aromatic heterocycles. The molecule has 6 heteroatoms. The van der Waals surface area contributed by atoms with E-state index in [1.54, 1.807) is 45.0 Å². The second-order valence-electron chi connectivity index (χ2n) is 5.34. The number of hydrogen-bond donors (Lipinski definition) is 1. The molecule has 0 bridgehead atoms. The molecule has 0 aliphatic carbocycles. The first-order valence-electron chi connectivity index (χ1n) is 6.47. The molecule has 1 aromatic rings. The zero-order valence-electron chi connectivity index (χ0n) is 12.1. The van der Waals surface area contributed by atoms with E-state index in [9.17, 15) is 9.59 Å². The van der Waals surface area contributed by atoms with Gasteiger partial charge in [-0.3, -0.25) is 14.5 Å². The fourth-order valence-electron chi connectivity index (χ4n) is 2.09. The molecule has 2 N–H and O–H groups in total. The van der Waals surface area contributed by atoms with Crippen molar-refractivity contribution in [1.29, 1.82) is 0 Å². The summed E-state index contributed by atoms with van der Waals surface area (Å²) in [6.45, 7) is 4.85. The van der Waals surface area contributed by atoms with Crippen LogP contribution >= 0.6 is 11.6 Å². The van der Waals surface area contributed by atoms with E-state index in [0.717, 1.165) is 0 Å². The lowest BCUT2D eigenvalue weighted by molar-refractivity contribution is -0.148. The van der Waals surface area contributed by atoms with Gasteiger partial charge in [0.1, 0.15) is 11.3 Å². The molecule has 5 nitrogen and oxygen atoms in total. The highest BCUT2D eigenvalue weighted by atomic mass is 35.5. The van der Waals surface area contributed by atoms with Crippen LogP contribution in [-0.2, 0) is 14.3 Å². The van der Waals surface area contributed by atoms with Gasteiger partial charge in [-0.15, -0.1) is 0 Å². The van der Waals surface area contributed by atoms with E-state index < -0.39 is 11.4 Å². The van der Waals surface area contributed by atoms with E-state index in [2.05, 4.69) is 0 Å². The van der Waals surface area contributed by atoms with Crippen molar-refractivity contribution in [3.05, 3.63) is 40.6 Å². The molecule has 0 atom stereocenters. The van der Waals surface area contributed by atoms with E-state index in [4.69, 9.17) is 22.1 Å². The highest BCUT2D eigenvalue weighted by Gasteiger charge is 2.41. The first kappa shape index (κ1) is 15.4. The number of allylic oxidation sites excluding steroid dienone is 1. The number of ether oxygens (including phenoxy) is 1. The first-order valence-corrected chi connectivity index (χ1v) is 6.85. The molecule has 112 valence electrons. The van der Waals surface area contributed by atoms with Crippen molar-refractivity contribution in [2.24, 2.45) is 5.73 Å². The van der Waals surface area contributed by atoms with Crippen LogP contribution in [0.2, 0.25) is 5.02 Å². The Kier molecular flexibility index (Phi) is 3.96. The van der Waals surface area contributed by atoms with E-state index in [1.165, 1.54) is 4.90 Å². The van der Waals surface area contributed by atoms with Crippen LogP contribution in [0.5, 0.6) is 0 Å². The largest absolute Gasteiger partial charge is 0.477 e. The summed E-state index contributed by atoms with van der Waals surface area (Å²) in [5.74, 6) is -0.446. The summed E-state index contributed by atoms with van der Waals surface area (Å²) in [4.78, 5) is 25.7. The minimum absolute atomic E-state index is 0.0193. The third-order valence-electron chi connectivity index (χ3n) is 3.64. The summed E-state index contributed by atoms with van der Waals surface area (Å²) < 4.78 is 5.54. The van der Waals surface area contributed by atoms with Crippen LogP contribution in [0.1, 0.15) is 26.3 Å². The Morgan fingerprint density at radius 3 is 2.57 bits per heavy atom. The van der Waals surface area contributed by atoms with Gasteiger partial charge in [0.15, 0.2) is 6.73 Å². The average Bonchev–Trinajstić information content (AvgIpc) is 2.40. The number of rotatable bonds is 3. The molecule has 2 rings (SSSR count). The molecule has 0 fully saturated rings. The average molecular weight is 309 g/mol. The Morgan fingerprint density at radius 2 is 2.00 bits per heavy atom. The molecule has 1 aromatic carbocycles. The lowest BCUT2D eigenvalue weighted by Gasteiger charge is -2.39. The Labute approximate surface area is 128 Å². The van der Waals surface area contributed by atoms with Crippen LogP contribution in [0.15, 0.2) is 30.0 Å². The minimum Gasteiger partial charge on any atom is -0.477 e. The van der Waals surface area contributed by atoms with Crippen LogP contribution in [0, 0.1) is 0 Å². The SMILES string of the molecule is CC1=C(c2ccccc2Cl)C(=O)N(C(C)(C)C(N)=O)CO1. The maximum absolute atomic E-state index is 12.8. The second kappa shape index (κ2) is 5.41. The molecule has 1 heterocycles. The van der Waals surface area contributed by atoms with Crippen molar-refractivity contribution in [1.82, 2.24) is 4.90 Å². The maximum Gasteiger partial charge on any atom is 0.261 e. The summed E-state index contributed by atoms with van der Waals surface area (Å²) in [6.07, 6.45) is 0. The summed E-state index contributed by atoms with van der Waals surface area (Å²) in [5, 5.41) is 0.447. The third kappa shape index (κ3) is 2.61. The number of hydrogen-bond acceptors (Lipinski definition) is 3. The second-order valence-corrected chi connectivity index (χ2v) is 5.75. The minimum atomic E-state index is -1.15. The monoisotopic (exact) mass is 308 g/mol. The summed E-state index contributed by atoms with van der Waals surface area (Å²) >= 11 is 6.16. The normalized spacial score (nSPS) is 16.0. The first-order chi connectivity index (χ1) is 9.76. The lowest BCUT2D eigenvalue weighted by Crippen LogP contribution is -2.57. The number of nitrogens with zero attached hydrogens (tertiary/aromatic N) is 1. The quantitative estimate of drug-likeness (QED) is 0.930. The third-order valence-corrected chi connectivity index (χ3v) is 3.97. The summed E-state index contributed by atoms with van der Waals surface area (Å²) in [7, 11) is 0. The zero-order valence-corrected chi connectivity index (χ0v) is 12.9. The van der Waals surface area contributed by atoms with E-state index in [0.29, 0.717) is 21.9 Å². The van der Waals surface area contributed by atoms with Crippen LogP contribution in [0.3, 0.4) is 0 Å². The fraction of sp³-hybridized carbons (Fsp3) is 0.333. The van der Waals surface area contributed by atoms with E-state index in [-0.39, 0.29) is 12.6 Å². The smallest absolute Gasteiger partial charge is 0.261 e. The van der Waals surface area contributed by atoms with Crippen LogP contribution < -0.4 is 5.73 Å². The molecular formula is C15H17ClN2O3.